The number of carbonyl (C=O) groups excluding carboxylic acids is 3. The van der Waals surface area contributed by atoms with Crippen molar-refractivity contribution in [1.29, 1.82) is 0 Å². The SMILES string of the molecule is CC(OC(=O)c1ccc(Cl)c(S(=O)(=O)N2CCCCC2)c1)C(=O)NC(=O)NC(C)(C)C. The number of amides is 3. The molecule has 1 heterocycles. The molecule has 0 bridgehead atoms. The van der Waals surface area contributed by atoms with E-state index < -0.39 is 39.6 Å². The van der Waals surface area contributed by atoms with E-state index in [9.17, 15) is 22.8 Å². The highest BCUT2D eigenvalue weighted by Crippen LogP contribution is 2.28. The Bertz CT molecular complexity index is 952. The number of nitrogens with one attached hydrogen (secondary N) is 2. The van der Waals surface area contributed by atoms with Crippen LogP contribution in [0.4, 0.5) is 4.79 Å². The summed E-state index contributed by atoms with van der Waals surface area (Å²) >= 11 is 6.10. The summed E-state index contributed by atoms with van der Waals surface area (Å²) in [5.74, 6) is -1.73. The number of rotatable bonds is 5. The molecule has 0 radical (unpaired) electrons. The first-order chi connectivity index (χ1) is 14.3. The maximum absolute atomic E-state index is 12.9. The molecule has 1 unspecified atom stereocenters. The molecule has 1 aliphatic heterocycles. The molecular weight excluding hydrogens is 446 g/mol. The van der Waals surface area contributed by atoms with Crippen LogP contribution in [0.2, 0.25) is 5.02 Å². The fourth-order valence-electron chi connectivity index (χ4n) is 2.94. The van der Waals surface area contributed by atoms with E-state index in [2.05, 4.69) is 10.6 Å². The van der Waals surface area contributed by atoms with Gasteiger partial charge in [-0.3, -0.25) is 10.1 Å². The lowest BCUT2D eigenvalue weighted by molar-refractivity contribution is -0.127. The number of imide groups is 1. The zero-order chi connectivity index (χ0) is 23.4. The number of ether oxygens (including phenoxy) is 1. The van der Waals surface area contributed by atoms with Crippen LogP contribution in [0.15, 0.2) is 23.1 Å². The lowest BCUT2D eigenvalue weighted by atomic mass is 10.1. The van der Waals surface area contributed by atoms with Crippen LogP contribution in [0.3, 0.4) is 0 Å². The fourth-order valence-corrected chi connectivity index (χ4v) is 4.96. The third-order valence-corrected chi connectivity index (χ3v) is 6.86. The van der Waals surface area contributed by atoms with Crippen molar-refractivity contribution in [1.82, 2.24) is 14.9 Å². The first-order valence-corrected chi connectivity index (χ1v) is 11.8. The Morgan fingerprint density at radius 1 is 1.13 bits per heavy atom. The predicted octanol–water partition coefficient (Wildman–Crippen LogP) is 2.68. The lowest BCUT2D eigenvalue weighted by Gasteiger charge is -2.26. The Kier molecular flexibility index (Phi) is 8.07. The highest BCUT2D eigenvalue weighted by molar-refractivity contribution is 7.89. The summed E-state index contributed by atoms with van der Waals surface area (Å²) in [7, 11) is -3.87. The van der Waals surface area contributed by atoms with Crippen molar-refractivity contribution in [3.05, 3.63) is 28.8 Å². The van der Waals surface area contributed by atoms with Crippen LogP contribution < -0.4 is 10.6 Å². The van der Waals surface area contributed by atoms with Crippen LogP contribution in [0.5, 0.6) is 0 Å². The maximum atomic E-state index is 12.9. The van der Waals surface area contributed by atoms with Gasteiger partial charge in [0.1, 0.15) is 4.90 Å². The first kappa shape index (κ1) is 25.1. The van der Waals surface area contributed by atoms with Gasteiger partial charge in [-0.2, -0.15) is 4.31 Å². The molecule has 1 aromatic carbocycles. The number of benzene rings is 1. The van der Waals surface area contributed by atoms with E-state index in [-0.39, 0.29) is 15.5 Å². The summed E-state index contributed by atoms with van der Waals surface area (Å²) in [5.41, 5.74) is -0.622. The average molecular weight is 474 g/mol. The largest absolute Gasteiger partial charge is 0.449 e. The molecule has 0 spiro atoms. The van der Waals surface area contributed by atoms with Crippen molar-refractivity contribution in [3.63, 3.8) is 0 Å². The van der Waals surface area contributed by atoms with Gasteiger partial charge in [-0.1, -0.05) is 18.0 Å². The van der Waals surface area contributed by atoms with Crippen LogP contribution in [0, 0.1) is 0 Å². The smallest absolute Gasteiger partial charge is 0.338 e. The number of hydrogen-bond acceptors (Lipinski definition) is 6. The molecule has 0 aliphatic carbocycles. The average Bonchev–Trinajstić information content (AvgIpc) is 2.67. The number of piperidine rings is 1. The molecule has 1 aliphatic rings. The van der Waals surface area contributed by atoms with Gasteiger partial charge in [-0.25, -0.2) is 18.0 Å². The van der Waals surface area contributed by atoms with Crippen LogP contribution >= 0.6 is 11.6 Å². The standard InChI is InChI=1S/C20H28ClN3O6S/c1-13(17(25)22-19(27)23-20(2,3)4)30-18(26)14-8-9-15(21)16(12-14)31(28,29)24-10-6-5-7-11-24/h8-9,12-13H,5-7,10-11H2,1-4H3,(H2,22,23,25,27). The summed E-state index contributed by atoms with van der Waals surface area (Å²) in [4.78, 5) is 36.2. The van der Waals surface area contributed by atoms with Gasteiger partial charge in [0, 0.05) is 18.6 Å². The summed E-state index contributed by atoms with van der Waals surface area (Å²) < 4.78 is 32.3. The monoisotopic (exact) mass is 473 g/mol. The third-order valence-electron chi connectivity index (χ3n) is 4.48. The van der Waals surface area contributed by atoms with Crippen LogP contribution in [0.1, 0.15) is 57.3 Å². The second-order valence-electron chi connectivity index (χ2n) is 8.35. The fraction of sp³-hybridized carbons (Fsp3) is 0.550. The zero-order valence-corrected chi connectivity index (χ0v) is 19.6. The molecule has 9 nitrogen and oxygen atoms in total. The van der Waals surface area contributed by atoms with Gasteiger partial charge in [0.25, 0.3) is 5.91 Å². The van der Waals surface area contributed by atoms with E-state index in [1.807, 2.05) is 0 Å². The lowest BCUT2D eigenvalue weighted by Crippen LogP contribution is -2.50. The molecule has 1 aromatic rings. The predicted molar refractivity (Wildman–Crippen MR) is 115 cm³/mol. The molecule has 1 atom stereocenters. The number of nitrogens with zero attached hydrogens (tertiary/aromatic N) is 1. The highest BCUT2D eigenvalue weighted by atomic mass is 35.5. The van der Waals surface area contributed by atoms with Gasteiger partial charge in [0.15, 0.2) is 6.10 Å². The van der Waals surface area contributed by atoms with E-state index in [0.717, 1.165) is 25.3 Å². The molecule has 31 heavy (non-hydrogen) atoms. The Morgan fingerprint density at radius 2 is 1.74 bits per heavy atom. The Labute approximate surface area is 187 Å². The number of sulfonamides is 1. The molecule has 1 saturated heterocycles. The molecule has 0 saturated carbocycles. The van der Waals surface area contributed by atoms with Crippen molar-refractivity contribution in [3.8, 4) is 0 Å². The summed E-state index contributed by atoms with van der Waals surface area (Å²) in [5, 5.41) is 4.64. The Morgan fingerprint density at radius 3 is 2.32 bits per heavy atom. The molecule has 172 valence electrons. The summed E-state index contributed by atoms with van der Waals surface area (Å²) in [6.45, 7) is 7.32. The summed E-state index contributed by atoms with van der Waals surface area (Å²) in [6.07, 6.45) is 1.19. The minimum atomic E-state index is -3.87. The van der Waals surface area contributed by atoms with Crippen molar-refractivity contribution in [2.75, 3.05) is 13.1 Å². The van der Waals surface area contributed by atoms with E-state index >= 15 is 0 Å². The van der Waals surface area contributed by atoms with Crippen molar-refractivity contribution < 1.29 is 27.5 Å². The second-order valence-corrected chi connectivity index (χ2v) is 10.7. The zero-order valence-electron chi connectivity index (χ0n) is 18.0. The van der Waals surface area contributed by atoms with Crippen LogP contribution in [-0.4, -0.2) is 55.4 Å². The number of hydrogen-bond donors (Lipinski definition) is 2. The molecule has 2 rings (SSSR count). The number of carbonyl (C=O) groups is 3. The Balaban J connectivity index is 2.11. The number of urea groups is 1. The van der Waals surface area contributed by atoms with Gasteiger partial charge < -0.3 is 10.1 Å². The molecule has 1 fully saturated rings. The molecular formula is C20H28ClN3O6S. The van der Waals surface area contributed by atoms with Gasteiger partial charge in [-0.15, -0.1) is 0 Å². The molecule has 11 heteroatoms. The van der Waals surface area contributed by atoms with Crippen molar-refractivity contribution in [2.24, 2.45) is 0 Å². The van der Waals surface area contributed by atoms with Gasteiger partial charge in [0.2, 0.25) is 10.0 Å². The third kappa shape index (κ3) is 6.91. The summed E-state index contributed by atoms with van der Waals surface area (Å²) in [6, 6.07) is 3.04. The molecule has 0 aromatic heterocycles. The van der Waals surface area contributed by atoms with E-state index in [1.165, 1.54) is 23.4 Å². The number of esters is 1. The Hall–Kier alpha value is -2.17. The first-order valence-electron chi connectivity index (χ1n) is 9.95. The van der Waals surface area contributed by atoms with Crippen LogP contribution in [-0.2, 0) is 19.6 Å². The van der Waals surface area contributed by atoms with Gasteiger partial charge in [-0.05, 0) is 58.7 Å². The van der Waals surface area contributed by atoms with Crippen molar-refractivity contribution >= 4 is 39.5 Å². The van der Waals surface area contributed by atoms with Crippen LogP contribution in [0.25, 0.3) is 0 Å². The highest BCUT2D eigenvalue weighted by Gasteiger charge is 2.29. The van der Waals surface area contributed by atoms with Gasteiger partial charge in [0.05, 0.1) is 10.6 Å². The normalized spacial score (nSPS) is 16.3. The van der Waals surface area contributed by atoms with Crippen molar-refractivity contribution in [2.45, 2.75) is 63.5 Å². The van der Waals surface area contributed by atoms with E-state index in [0.29, 0.717) is 13.1 Å². The molecule has 2 N–H and O–H groups in total. The molecule has 3 amide bonds. The number of halogens is 1. The second kappa shape index (κ2) is 9.97. The quantitative estimate of drug-likeness (QED) is 0.634. The van der Waals surface area contributed by atoms with E-state index in [4.69, 9.17) is 16.3 Å². The topological polar surface area (TPSA) is 122 Å². The minimum absolute atomic E-state index is 0.00762. The minimum Gasteiger partial charge on any atom is -0.449 e. The van der Waals surface area contributed by atoms with Gasteiger partial charge >= 0.3 is 12.0 Å². The maximum Gasteiger partial charge on any atom is 0.338 e. The van der Waals surface area contributed by atoms with E-state index in [1.54, 1.807) is 20.8 Å².